The van der Waals surface area contributed by atoms with Gasteiger partial charge in [0.1, 0.15) is 6.54 Å². The number of halogens is 1. The highest BCUT2D eigenvalue weighted by Gasteiger charge is 2.19. The van der Waals surface area contributed by atoms with Crippen molar-refractivity contribution in [3.8, 4) is 0 Å². The van der Waals surface area contributed by atoms with E-state index in [1.807, 2.05) is 30.3 Å². The Morgan fingerprint density at radius 3 is 2.44 bits per heavy atom. The largest absolute Gasteiger partial charge is 0.468 e. The number of hydrogen-bond donors (Lipinski definition) is 2. The average Bonchev–Trinajstić information content (AvgIpc) is 2.38. The Hall–Kier alpha value is -1.59. The van der Waals surface area contributed by atoms with Crippen LogP contribution in [0.25, 0.3) is 0 Å². The van der Waals surface area contributed by atoms with Gasteiger partial charge in [0.2, 0.25) is 5.91 Å². The fourth-order valence-electron chi connectivity index (χ4n) is 1.43. The minimum absolute atomic E-state index is 0. The van der Waals surface area contributed by atoms with Crippen molar-refractivity contribution in [2.45, 2.75) is 5.92 Å². The number of nitrogens with two attached hydrogens (primary N) is 1. The zero-order valence-electron chi connectivity index (χ0n) is 10.1. The minimum atomic E-state index is -0.484. The first-order valence-corrected chi connectivity index (χ1v) is 5.28. The molecule has 0 saturated carbocycles. The van der Waals surface area contributed by atoms with Crippen LogP contribution < -0.4 is 11.1 Å². The van der Waals surface area contributed by atoms with Crippen LogP contribution in [0.4, 0.5) is 0 Å². The maximum absolute atomic E-state index is 11.8. The Morgan fingerprint density at radius 2 is 1.94 bits per heavy atom. The van der Waals surface area contributed by atoms with E-state index >= 15 is 0 Å². The Kier molecular flexibility index (Phi) is 7.74. The topological polar surface area (TPSA) is 81.4 Å². The molecule has 1 unspecified atom stereocenters. The Morgan fingerprint density at radius 1 is 1.33 bits per heavy atom. The molecular weight excluding hydrogens is 256 g/mol. The summed E-state index contributed by atoms with van der Waals surface area (Å²) in [5.74, 6) is -1.20. The van der Waals surface area contributed by atoms with Crippen molar-refractivity contribution >= 4 is 24.3 Å². The average molecular weight is 273 g/mol. The number of rotatable bonds is 5. The lowest BCUT2D eigenvalue weighted by Gasteiger charge is -2.14. The van der Waals surface area contributed by atoms with E-state index in [1.165, 1.54) is 7.11 Å². The molecule has 1 rings (SSSR count). The molecule has 0 saturated heterocycles. The molecule has 18 heavy (non-hydrogen) atoms. The maximum Gasteiger partial charge on any atom is 0.325 e. The molecule has 3 N–H and O–H groups in total. The molecule has 6 heteroatoms. The molecule has 1 atom stereocenters. The number of esters is 1. The molecule has 0 aliphatic heterocycles. The zero-order valence-corrected chi connectivity index (χ0v) is 10.9. The van der Waals surface area contributed by atoms with Gasteiger partial charge >= 0.3 is 5.97 Å². The van der Waals surface area contributed by atoms with Gasteiger partial charge in [-0.1, -0.05) is 30.3 Å². The van der Waals surface area contributed by atoms with Crippen molar-refractivity contribution in [1.29, 1.82) is 0 Å². The van der Waals surface area contributed by atoms with Gasteiger partial charge in [-0.05, 0) is 5.56 Å². The summed E-state index contributed by atoms with van der Waals surface area (Å²) in [6, 6.07) is 9.20. The summed E-state index contributed by atoms with van der Waals surface area (Å²) >= 11 is 0. The number of amides is 1. The molecule has 100 valence electrons. The maximum atomic E-state index is 11.8. The molecule has 1 aromatic carbocycles. The van der Waals surface area contributed by atoms with Gasteiger partial charge in [-0.15, -0.1) is 12.4 Å². The Labute approximate surface area is 112 Å². The fourth-order valence-corrected chi connectivity index (χ4v) is 1.43. The number of carbonyl (C=O) groups excluding carboxylic acids is 2. The van der Waals surface area contributed by atoms with E-state index < -0.39 is 11.9 Å². The molecule has 5 nitrogen and oxygen atoms in total. The molecule has 0 spiro atoms. The third-order valence-corrected chi connectivity index (χ3v) is 2.39. The molecule has 0 heterocycles. The van der Waals surface area contributed by atoms with Crippen molar-refractivity contribution in [2.24, 2.45) is 5.73 Å². The first-order chi connectivity index (χ1) is 8.19. The van der Waals surface area contributed by atoms with Crippen molar-refractivity contribution < 1.29 is 14.3 Å². The van der Waals surface area contributed by atoms with Crippen LogP contribution in [0.15, 0.2) is 30.3 Å². The minimum Gasteiger partial charge on any atom is -0.468 e. The van der Waals surface area contributed by atoms with Crippen LogP contribution in [0.2, 0.25) is 0 Å². The van der Waals surface area contributed by atoms with E-state index in [-0.39, 0.29) is 31.4 Å². The number of carbonyl (C=O) groups is 2. The third-order valence-electron chi connectivity index (χ3n) is 2.39. The predicted octanol–water partition coefficient (Wildman–Crippen LogP) is 0.440. The third kappa shape index (κ3) is 4.73. The van der Waals surface area contributed by atoms with Crippen LogP contribution in [0.3, 0.4) is 0 Å². The molecule has 1 aromatic rings. The van der Waals surface area contributed by atoms with E-state index in [9.17, 15) is 9.59 Å². The molecule has 0 fully saturated rings. The summed E-state index contributed by atoms with van der Waals surface area (Å²) in [6.07, 6.45) is 0. The lowest BCUT2D eigenvalue weighted by Crippen LogP contribution is -2.36. The molecule has 0 bridgehead atoms. The number of ether oxygens (including phenoxy) is 1. The van der Waals surface area contributed by atoms with Crippen LogP contribution in [-0.2, 0) is 14.3 Å². The van der Waals surface area contributed by atoms with Crippen molar-refractivity contribution in [1.82, 2.24) is 5.32 Å². The first-order valence-electron chi connectivity index (χ1n) is 5.28. The summed E-state index contributed by atoms with van der Waals surface area (Å²) in [4.78, 5) is 22.7. The standard InChI is InChI=1S/C12H16N2O3.ClH/c1-17-11(15)8-14-12(16)10(7-13)9-5-3-2-4-6-9;/h2-6,10H,7-8,13H2,1H3,(H,14,16);1H. The second-order valence-electron chi connectivity index (χ2n) is 3.49. The molecule has 0 radical (unpaired) electrons. The van der Waals surface area contributed by atoms with Gasteiger partial charge in [0.05, 0.1) is 13.0 Å². The van der Waals surface area contributed by atoms with Crippen LogP contribution >= 0.6 is 12.4 Å². The van der Waals surface area contributed by atoms with Crippen LogP contribution in [0, 0.1) is 0 Å². The SMILES string of the molecule is COC(=O)CNC(=O)C(CN)c1ccccc1.Cl. The van der Waals surface area contributed by atoms with E-state index in [0.29, 0.717) is 0 Å². The highest BCUT2D eigenvalue weighted by atomic mass is 35.5. The summed E-state index contributed by atoms with van der Waals surface area (Å²) in [5, 5.41) is 2.49. The summed E-state index contributed by atoms with van der Waals surface area (Å²) in [7, 11) is 1.27. The molecule has 1 amide bonds. The fraction of sp³-hybridized carbons (Fsp3) is 0.333. The van der Waals surface area contributed by atoms with Gasteiger partial charge in [-0.3, -0.25) is 9.59 Å². The molecule has 0 aromatic heterocycles. The number of nitrogens with one attached hydrogen (secondary N) is 1. The second-order valence-corrected chi connectivity index (χ2v) is 3.49. The smallest absolute Gasteiger partial charge is 0.325 e. The van der Waals surface area contributed by atoms with Crippen molar-refractivity contribution in [3.63, 3.8) is 0 Å². The summed E-state index contributed by atoms with van der Waals surface area (Å²) in [5.41, 5.74) is 6.40. The first kappa shape index (κ1) is 16.4. The van der Waals surface area contributed by atoms with Gasteiger partial charge in [0, 0.05) is 6.54 Å². The lowest BCUT2D eigenvalue weighted by atomic mass is 9.98. The highest BCUT2D eigenvalue weighted by Crippen LogP contribution is 2.13. The number of benzene rings is 1. The predicted molar refractivity (Wildman–Crippen MR) is 70.5 cm³/mol. The van der Waals surface area contributed by atoms with E-state index in [2.05, 4.69) is 10.1 Å². The van der Waals surface area contributed by atoms with Crippen LogP contribution in [0.5, 0.6) is 0 Å². The number of methoxy groups -OCH3 is 1. The quantitative estimate of drug-likeness (QED) is 0.762. The van der Waals surface area contributed by atoms with Crippen molar-refractivity contribution in [2.75, 3.05) is 20.2 Å². The van der Waals surface area contributed by atoms with E-state index in [0.717, 1.165) is 5.56 Å². The summed E-state index contributed by atoms with van der Waals surface area (Å²) in [6.45, 7) is 0.0513. The van der Waals surface area contributed by atoms with Gasteiger partial charge in [-0.2, -0.15) is 0 Å². The van der Waals surface area contributed by atoms with Gasteiger partial charge in [0.25, 0.3) is 0 Å². The normalized spacial score (nSPS) is 11.0. The highest BCUT2D eigenvalue weighted by molar-refractivity contribution is 5.87. The van der Waals surface area contributed by atoms with Gasteiger partial charge in [0.15, 0.2) is 0 Å². The lowest BCUT2D eigenvalue weighted by molar-refractivity contribution is -0.141. The van der Waals surface area contributed by atoms with Crippen LogP contribution in [-0.4, -0.2) is 32.1 Å². The second kappa shape index (κ2) is 8.49. The number of hydrogen-bond acceptors (Lipinski definition) is 4. The van der Waals surface area contributed by atoms with Gasteiger partial charge < -0.3 is 15.8 Å². The van der Waals surface area contributed by atoms with Crippen LogP contribution in [0.1, 0.15) is 11.5 Å². The van der Waals surface area contributed by atoms with E-state index in [1.54, 1.807) is 0 Å². The van der Waals surface area contributed by atoms with E-state index in [4.69, 9.17) is 5.73 Å². The molecular formula is C12H17ClN2O3. The Bertz CT molecular complexity index is 384. The molecule has 0 aliphatic rings. The zero-order chi connectivity index (χ0) is 12.7. The van der Waals surface area contributed by atoms with Crippen molar-refractivity contribution in [3.05, 3.63) is 35.9 Å². The Balaban J connectivity index is 0.00000289. The summed E-state index contributed by atoms with van der Waals surface area (Å²) < 4.78 is 4.43. The van der Waals surface area contributed by atoms with Gasteiger partial charge in [-0.25, -0.2) is 0 Å². The monoisotopic (exact) mass is 272 g/mol. The molecule has 0 aliphatic carbocycles.